The molecule has 21 heavy (non-hydrogen) atoms. The highest BCUT2D eigenvalue weighted by Gasteiger charge is 2.38. The number of amides is 1. The molecule has 1 aliphatic rings. The van der Waals surface area contributed by atoms with Crippen molar-refractivity contribution in [3.8, 4) is 0 Å². The Morgan fingerprint density at radius 2 is 2.29 bits per heavy atom. The number of aromatic nitrogens is 1. The van der Waals surface area contributed by atoms with Crippen molar-refractivity contribution < 1.29 is 4.79 Å². The number of likely N-dealkylation sites (N-methyl/N-ethyl adjacent to an activating group) is 1. The predicted octanol–water partition coefficient (Wildman–Crippen LogP) is 2.11. The van der Waals surface area contributed by atoms with Crippen LogP contribution in [0.3, 0.4) is 0 Å². The number of pyridine rings is 1. The van der Waals surface area contributed by atoms with Crippen molar-refractivity contribution in [3.05, 3.63) is 30.1 Å². The molecule has 1 aromatic rings. The molecule has 1 aliphatic heterocycles. The van der Waals surface area contributed by atoms with Crippen molar-refractivity contribution in [2.24, 2.45) is 11.3 Å². The number of hydrogen-bond acceptors (Lipinski definition) is 3. The van der Waals surface area contributed by atoms with Gasteiger partial charge in [-0.2, -0.15) is 0 Å². The summed E-state index contributed by atoms with van der Waals surface area (Å²) in [6.07, 6.45) is 4.91. The quantitative estimate of drug-likeness (QED) is 0.903. The van der Waals surface area contributed by atoms with Crippen LogP contribution in [0.2, 0.25) is 0 Å². The molecule has 116 valence electrons. The van der Waals surface area contributed by atoms with Crippen molar-refractivity contribution in [3.63, 3.8) is 0 Å². The summed E-state index contributed by atoms with van der Waals surface area (Å²) >= 11 is 0. The lowest BCUT2D eigenvalue weighted by Crippen LogP contribution is -2.48. The molecule has 1 fully saturated rings. The van der Waals surface area contributed by atoms with Crippen LogP contribution < -0.4 is 5.32 Å². The fraction of sp³-hybridized carbons (Fsp3) is 0.647. The Labute approximate surface area is 127 Å². The first-order chi connectivity index (χ1) is 10.0. The summed E-state index contributed by atoms with van der Waals surface area (Å²) in [5, 5.41) is 3.41. The molecule has 2 rings (SSSR count). The molecule has 1 atom stereocenters. The molecule has 0 bridgehead atoms. The Balaban J connectivity index is 1.91. The highest BCUT2D eigenvalue weighted by molar-refractivity contribution is 5.82. The van der Waals surface area contributed by atoms with Crippen molar-refractivity contribution >= 4 is 5.91 Å². The molecular weight excluding hydrogens is 262 g/mol. The fourth-order valence-corrected chi connectivity index (χ4v) is 3.06. The highest BCUT2D eigenvalue weighted by Crippen LogP contribution is 2.33. The summed E-state index contributed by atoms with van der Waals surface area (Å²) in [4.78, 5) is 18.9. The lowest BCUT2D eigenvalue weighted by molar-refractivity contribution is -0.142. The third-order valence-electron chi connectivity index (χ3n) is 4.64. The standard InChI is InChI=1S/C17H27N3O/c1-17(2,14-7-6-10-18-13-14)16(21)20(3)12-9-15-8-4-5-11-19-15/h4-5,8,11,14,18H,6-7,9-10,12-13H2,1-3H3. The van der Waals surface area contributed by atoms with Crippen LogP contribution in [0.5, 0.6) is 0 Å². The minimum Gasteiger partial charge on any atom is -0.345 e. The molecule has 1 aromatic heterocycles. The summed E-state index contributed by atoms with van der Waals surface area (Å²) in [5.41, 5.74) is 0.737. The first-order valence-electron chi connectivity index (χ1n) is 7.88. The van der Waals surface area contributed by atoms with Crippen LogP contribution in [-0.2, 0) is 11.2 Å². The normalized spacial score (nSPS) is 19.3. The Morgan fingerprint density at radius 3 is 2.90 bits per heavy atom. The second kappa shape index (κ2) is 7.03. The van der Waals surface area contributed by atoms with E-state index in [1.54, 1.807) is 6.20 Å². The van der Waals surface area contributed by atoms with Gasteiger partial charge in [-0.3, -0.25) is 9.78 Å². The average molecular weight is 289 g/mol. The number of hydrogen-bond donors (Lipinski definition) is 1. The van der Waals surface area contributed by atoms with E-state index in [0.717, 1.165) is 38.2 Å². The fourth-order valence-electron chi connectivity index (χ4n) is 3.06. The number of nitrogens with zero attached hydrogens (tertiary/aromatic N) is 2. The van der Waals surface area contributed by atoms with E-state index < -0.39 is 0 Å². The lowest BCUT2D eigenvalue weighted by Gasteiger charge is -2.38. The van der Waals surface area contributed by atoms with E-state index in [9.17, 15) is 4.79 Å². The maximum Gasteiger partial charge on any atom is 0.228 e. The molecule has 0 aliphatic carbocycles. The van der Waals surface area contributed by atoms with Gasteiger partial charge in [0, 0.05) is 37.3 Å². The van der Waals surface area contributed by atoms with E-state index in [2.05, 4.69) is 24.1 Å². The van der Waals surface area contributed by atoms with Gasteiger partial charge < -0.3 is 10.2 Å². The molecule has 2 heterocycles. The van der Waals surface area contributed by atoms with Crippen LogP contribution in [0.4, 0.5) is 0 Å². The van der Waals surface area contributed by atoms with E-state index in [4.69, 9.17) is 0 Å². The molecule has 1 amide bonds. The summed E-state index contributed by atoms with van der Waals surface area (Å²) < 4.78 is 0. The summed E-state index contributed by atoms with van der Waals surface area (Å²) in [7, 11) is 1.91. The van der Waals surface area contributed by atoms with E-state index in [1.165, 1.54) is 6.42 Å². The van der Waals surface area contributed by atoms with Gasteiger partial charge >= 0.3 is 0 Å². The van der Waals surface area contributed by atoms with Gasteiger partial charge in [0.1, 0.15) is 0 Å². The maximum absolute atomic E-state index is 12.8. The van der Waals surface area contributed by atoms with Gasteiger partial charge in [-0.15, -0.1) is 0 Å². The topological polar surface area (TPSA) is 45.2 Å². The first-order valence-corrected chi connectivity index (χ1v) is 7.88. The molecule has 4 heteroatoms. The van der Waals surface area contributed by atoms with E-state index in [-0.39, 0.29) is 11.3 Å². The van der Waals surface area contributed by atoms with Gasteiger partial charge in [-0.1, -0.05) is 19.9 Å². The number of rotatable bonds is 5. The third-order valence-corrected chi connectivity index (χ3v) is 4.64. The van der Waals surface area contributed by atoms with Gasteiger partial charge in [-0.25, -0.2) is 0 Å². The summed E-state index contributed by atoms with van der Waals surface area (Å²) in [6, 6.07) is 5.91. The van der Waals surface area contributed by atoms with Crippen LogP contribution in [-0.4, -0.2) is 42.5 Å². The number of carbonyl (C=O) groups excluding carboxylic acids is 1. The Kier molecular flexibility index (Phi) is 5.34. The zero-order valence-corrected chi connectivity index (χ0v) is 13.4. The SMILES string of the molecule is CN(CCc1ccccn1)C(=O)C(C)(C)C1CCCNC1. The zero-order chi connectivity index (χ0) is 15.3. The minimum atomic E-state index is -0.299. The Bertz CT molecular complexity index is 452. The maximum atomic E-state index is 12.8. The number of piperidine rings is 1. The summed E-state index contributed by atoms with van der Waals surface area (Å²) in [6.45, 7) is 6.93. The van der Waals surface area contributed by atoms with Crippen LogP contribution in [0, 0.1) is 11.3 Å². The first kappa shape index (κ1) is 16.0. The van der Waals surface area contributed by atoms with Crippen LogP contribution >= 0.6 is 0 Å². The predicted molar refractivity (Wildman–Crippen MR) is 85.0 cm³/mol. The Hall–Kier alpha value is -1.42. The number of carbonyl (C=O) groups is 1. The molecule has 1 N–H and O–H groups in total. The molecule has 0 saturated carbocycles. The summed E-state index contributed by atoms with van der Waals surface area (Å²) in [5.74, 6) is 0.670. The van der Waals surface area contributed by atoms with E-state index in [0.29, 0.717) is 5.92 Å². The largest absolute Gasteiger partial charge is 0.345 e. The minimum absolute atomic E-state index is 0.243. The monoisotopic (exact) mass is 289 g/mol. The van der Waals surface area contributed by atoms with Crippen LogP contribution in [0.1, 0.15) is 32.4 Å². The second-order valence-electron chi connectivity index (χ2n) is 6.56. The molecule has 0 aromatic carbocycles. The van der Waals surface area contributed by atoms with E-state index in [1.807, 2.05) is 30.1 Å². The van der Waals surface area contributed by atoms with Gasteiger partial charge in [0.05, 0.1) is 0 Å². The van der Waals surface area contributed by atoms with Gasteiger partial charge in [0.15, 0.2) is 0 Å². The third kappa shape index (κ3) is 4.03. The van der Waals surface area contributed by atoms with Gasteiger partial charge in [0.2, 0.25) is 5.91 Å². The van der Waals surface area contributed by atoms with Crippen molar-refractivity contribution in [2.75, 3.05) is 26.7 Å². The van der Waals surface area contributed by atoms with Crippen LogP contribution in [0.25, 0.3) is 0 Å². The molecule has 1 saturated heterocycles. The average Bonchev–Trinajstić information content (AvgIpc) is 2.53. The molecule has 0 spiro atoms. The lowest BCUT2D eigenvalue weighted by atomic mass is 9.74. The molecular formula is C17H27N3O. The van der Waals surface area contributed by atoms with Crippen molar-refractivity contribution in [2.45, 2.75) is 33.1 Å². The smallest absolute Gasteiger partial charge is 0.228 e. The molecule has 0 radical (unpaired) electrons. The number of nitrogens with one attached hydrogen (secondary N) is 1. The van der Waals surface area contributed by atoms with Crippen molar-refractivity contribution in [1.29, 1.82) is 0 Å². The Morgan fingerprint density at radius 1 is 1.48 bits per heavy atom. The van der Waals surface area contributed by atoms with Crippen LogP contribution in [0.15, 0.2) is 24.4 Å². The van der Waals surface area contributed by atoms with Crippen molar-refractivity contribution in [1.82, 2.24) is 15.2 Å². The molecule has 4 nitrogen and oxygen atoms in total. The van der Waals surface area contributed by atoms with Gasteiger partial charge in [0.25, 0.3) is 0 Å². The second-order valence-corrected chi connectivity index (χ2v) is 6.56. The van der Waals surface area contributed by atoms with Gasteiger partial charge in [-0.05, 0) is 44.0 Å². The molecule has 1 unspecified atom stereocenters. The zero-order valence-electron chi connectivity index (χ0n) is 13.4. The highest BCUT2D eigenvalue weighted by atomic mass is 16.2. The van der Waals surface area contributed by atoms with E-state index >= 15 is 0 Å².